The van der Waals surface area contributed by atoms with Crippen molar-refractivity contribution in [1.29, 1.82) is 0 Å². The van der Waals surface area contributed by atoms with Crippen LogP contribution < -0.4 is 0 Å². The van der Waals surface area contributed by atoms with Crippen molar-refractivity contribution in [1.82, 2.24) is 4.90 Å². The molecular weight excluding hydrogens is 254 g/mol. The molecule has 0 aromatic heterocycles. The molecule has 0 aliphatic carbocycles. The summed E-state index contributed by atoms with van der Waals surface area (Å²) < 4.78 is 0. The molecule has 0 saturated heterocycles. The summed E-state index contributed by atoms with van der Waals surface area (Å²) in [5.74, 6) is 0. The van der Waals surface area contributed by atoms with Gasteiger partial charge in [-0.05, 0) is 12.5 Å². The normalized spacial score (nSPS) is 20.2. The lowest BCUT2D eigenvalue weighted by Gasteiger charge is -2.23. The van der Waals surface area contributed by atoms with Crippen molar-refractivity contribution in [3.05, 3.63) is 46.5 Å². The Bertz CT molecular complexity index is 407. The van der Waals surface area contributed by atoms with Crippen LogP contribution in [0, 0.1) is 0 Å². The second-order valence-corrected chi connectivity index (χ2v) is 5.85. The molecule has 1 aromatic rings. The van der Waals surface area contributed by atoms with Gasteiger partial charge in [0, 0.05) is 30.2 Å². The molecule has 1 aliphatic rings. The van der Waals surface area contributed by atoms with E-state index >= 15 is 0 Å². The largest absolute Gasteiger partial charge is 0.396 e. The van der Waals surface area contributed by atoms with E-state index in [1.165, 1.54) is 16.2 Å². The second kappa shape index (κ2) is 5.80. The fourth-order valence-electron chi connectivity index (χ4n) is 1.89. The number of aliphatic hydroxyl groups is 1. The third kappa shape index (κ3) is 2.97. The maximum atomic E-state index is 9.00. The fourth-order valence-corrected chi connectivity index (χ4v) is 3.52. The molecule has 1 atom stereocenters. The molecule has 17 heavy (non-hydrogen) atoms. The summed E-state index contributed by atoms with van der Waals surface area (Å²) in [6, 6.07) is 10.3. The van der Waals surface area contributed by atoms with Gasteiger partial charge in [-0.25, -0.2) is 0 Å². The SMILES string of the molecule is CC1=C(CCO)SC(Cl)N1Cc1ccccc1. The molecule has 2 nitrogen and oxygen atoms in total. The summed E-state index contributed by atoms with van der Waals surface area (Å²) in [5.41, 5.74) is 2.44. The number of alkyl halides is 1. The van der Waals surface area contributed by atoms with Crippen molar-refractivity contribution in [2.45, 2.75) is 24.7 Å². The summed E-state index contributed by atoms with van der Waals surface area (Å²) in [6.07, 6.45) is 0.699. The van der Waals surface area contributed by atoms with Crippen LogP contribution in [0.3, 0.4) is 0 Å². The van der Waals surface area contributed by atoms with Gasteiger partial charge in [0.15, 0.2) is 4.83 Å². The first-order valence-corrected chi connectivity index (χ1v) is 6.96. The Morgan fingerprint density at radius 3 is 2.71 bits per heavy atom. The van der Waals surface area contributed by atoms with Gasteiger partial charge in [0.2, 0.25) is 0 Å². The van der Waals surface area contributed by atoms with E-state index < -0.39 is 0 Å². The van der Waals surface area contributed by atoms with Crippen LogP contribution in [0.1, 0.15) is 18.9 Å². The molecule has 1 N–H and O–H groups in total. The van der Waals surface area contributed by atoms with Gasteiger partial charge >= 0.3 is 0 Å². The first-order chi connectivity index (χ1) is 8.22. The van der Waals surface area contributed by atoms with Crippen molar-refractivity contribution in [2.24, 2.45) is 0 Å². The molecule has 2 rings (SSSR count). The lowest BCUT2D eigenvalue weighted by atomic mass is 10.2. The molecule has 0 fully saturated rings. The van der Waals surface area contributed by atoms with Gasteiger partial charge in [-0.3, -0.25) is 0 Å². The van der Waals surface area contributed by atoms with Crippen LogP contribution in [-0.4, -0.2) is 21.4 Å². The number of hydrogen-bond acceptors (Lipinski definition) is 3. The van der Waals surface area contributed by atoms with Gasteiger partial charge in [0.05, 0.1) is 0 Å². The number of thioether (sulfide) groups is 1. The first-order valence-electron chi connectivity index (χ1n) is 5.64. The van der Waals surface area contributed by atoms with Crippen LogP contribution in [0.5, 0.6) is 0 Å². The Balaban J connectivity index is 2.10. The quantitative estimate of drug-likeness (QED) is 0.670. The lowest BCUT2D eigenvalue weighted by Crippen LogP contribution is -2.22. The first kappa shape index (κ1) is 12.8. The third-order valence-electron chi connectivity index (χ3n) is 2.85. The van der Waals surface area contributed by atoms with Crippen LogP contribution in [0.2, 0.25) is 0 Å². The summed E-state index contributed by atoms with van der Waals surface area (Å²) in [6.45, 7) is 3.08. The summed E-state index contributed by atoms with van der Waals surface area (Å²) in [5, 5.41) is 9.00. The highest BCUT2D eigenvalue weighted by Gasteiger charge is 2.27. The van der Waals surface area contributed by atoms with Crippen LogP contribution in [0.25, 0.3) is 0 Å². The molecule has 1 heterocycles. The molecular formula is C13H16ClNOS. The Labute approximate surface area is 111 Å². The van der Waals surface area contributed by atoms with Gasteiger partial charge in [0.25, 0.3) is 0 Å². The van der Waals surface area contributed by atoms with E-state index in [0.717, 1.165) is 6.54 Å². The van der Waals surface area contributed by atoms with Crippen molar-refractivity contribution < 1.29 is 5.11 Å². The number of benzene rings is 1. The van der Waals surface area contributed by atoms with Gasteiger partial charge in [-0.15, -0.1) is 0 Å². The van der Waals surface area contributed by atoms with Crippen molar-refractivity contribution in [3.63, 3.8) is 0 Å². The Hall–Kier alpha value is -0.640. The molecule has 92 valence electrons. The monoisotopic (exact) mass is 269 g/mol. The zero-order chi connectivity index (χ0) is 12.3. The number of hydrogen-bond donors (Lipinski definition) is 1. The highest BCUT2D eigenvalue weighted by molar-refractivity contribution is 8.04. The molecule has 0 amide bonds. The molecule has 1 aromatic carbocycles. The van der Waals surface area contributed by atoms with E-state index in [-0.39, 0.29) is 11.4 Å². The Morgan fingerprint density at radius 1 is 1.35 bits per heavy atom. The van der Waals surface area contributed by atoms with Gasteiger partial charge in [0.1, 0.15) is 0 Å². The van der Waals surface area contributed by atoms with Crippen LogP contribution in [0.4, 0.5) is 0 Å². The van der Waals surface area contributed by atoms with Crippen molar-refractivity contribution in [2.75, 3.05) is 6.61 Å². The molecule has 0 radical (unpaired) electrons. The van der Waals surface area contributed by atoms with Crippen molar-refractivity contribution >= 4 is 23.4 Å². The van der Waals surface area contributed by atoms with E-state index in [2.05, 4.69) is 24.0 Å². The Kier molecular flexibility index (Phi) is 4.37. The summed E-state index contributed by atoms with van der Waals surface area (Å²) in [4.78, 5) is 3.31. The smallest absolute Gasteiger partial charge is 0.155 e. The number of halogens is 1. The third-order valence-corrected chi connectivity index (χ3v) is 4.59. The fraction of sp³-hybridized carbons (Fsp3) is 0.385. The van der Waals surface area contributed by atoms with Crippen molar-refractivity contribution in [3.8, 4) is 0 Å². The van der Waals surface area contributed by atoms with Crippen LogP contribution in [-0.2, 0) is 6.54 Å². The van der Waals surface area contributed by atoms with E-state index in [4.69, 9.17) is 16.7 Å². The molecule has 0 saturated carbocycles. The molecule has 1 aliphatic heterocycles. The molecule has 4 heteroatoms. The zero-order valence-corrected chi connectivity index (χ0v) is 11.3. The topological polar surface area (TPSA) is 23.5 Å². The lowest BCUT2D eigenvalue weighted by molar-refractivity contribution is 0.300. The zero-order valence-electron chi connectivity index (χ0n) is 9.77. The van der Waals surface area contributed by atoms with Crippen LogP contribution >= 0.6 is 23.4 Å². The van der Waals surface area contributed by atoms with E-state index in [1.54, 1.807) is 11.8 Å². The Morgan fingerprint density at radius 2 is 2.06 bits per heavy atom. The highest BCUT2D eigenvalue weighted by Crippen LogP contribution is 2.42. The van der Waals surface area contributed by atoms with E-state index in [9.17, 15) is 0 Å². The average Bonchev–Trinajstić information content (AvgIpc) is 2.59. The minimum absolute atomic E-state index is 0.0586. The number of rotatable bonds is 4. The van der Waals surface area contributed by atoms with E-state index in [1.807, 2.05) is 18.2 Å². The predicted octanol–water partition coefficient (Wildman–Crippen LogP) is 3.37. The maximum Gasteiger partial charge on any atom is 0.155 e. The average molecular weight is 270 g/mol. The molecule has 1 unspecified atom stereocenters. The summed E-state index contributed by atoms with van der Waals surface area (Å²) in [7, 11) is 0. The molecule has 0 bridgehead atoms. The second-order valence-electron chi connectivity index (χ2n) is 4.01. The predicted molar refractivity (Wildman–Crippen MR) is 73.6 cm³/mol. The molecule has 0 spiro atoms. The minimum Gasteiger partial charge on any atom is -0.396 e. The van der Waals surface area contributed by atoms with Gasteiger partial charge in [-0.1, -0.05) is 53.7 Å². The minimum atomic E-state index is -0.0586. The van der Waals surface area contributed by atoms with Gasteiger partial charge < -0.3 is 10.0 Å². The maximum absolute atomic E-state index is 9.00. The van der Waals surface area contributed by atoms with Crippen LogP contribution in [0.15, 0.2) is 40.9 Å². The summed E-state index contributed by atoms with van der Waals surface area (Å²) >= 11 is 7.96. The van der Waals surface area contributed by atoms with Gasteiger partial charge in [-0.2, -0.15) is 0 Å². The number of allylic oxidation sites excluding steroid dienone is 1. The number of nitrogens with zero attached hydrogens (tertiary/aromatic N) is 1. The standard InChI is InChI=1S/C13H16ClNOS/c1-10-12(7-8-16)17-13(14)15(10)9-11-5-3-2-4-6-11/h2-6,13,16H,7-9H2,1H3. The number of aliphatic hydroxyl groups excluding tert-OH is 1. The van der Waals surface area contributed by atoms with E-state index in [0.29, 0.717) is 6.42 Å². The highest BCUT2D eigenvalue weighted by atomic mass is 35.5.